The Hall–Kier alpha value is -0.120. The van der Waals surface area contributed by atoms with E-state index in [2.05, 4.69) is 12.2 Å². The first-order valence-electron chi connectivity index (χ1n) is 4.32. The third kappa shape index (κ3) is 1.17. The van der Waals surface area contributed by atoms with Gasteiger partial charge in [-0.05, 0) is 13.0 Å². The summed E-state index contributed by atoms with van der Waals surface area (Å²) < 4.78 is 11.2. The Bertz CT molecular complexity index is 143. The van der Waals surface area contributed by atoms with Gasteiger partial charge in [0.15, 0.2) is 5.79 Å². The van der Waals surface area contributed by atoms with Crippen molar-refractivity contribution < 1.29 is 9.47 Å². The quantitative estimate of drug-likeness (QED) is 0.550. The lowest BCUT2D eigenvalue weighted by atomic mass is 9.93. The second kappa shape index (κ2) is 2.73. The van der Waals surface area contributed by atoms with Crippen LogP contribution in [0.3, 0.4) is 0 Å². The van der Waals surface area contributed by atoms with E-state index in [0.29, 0.717) is 5.92 Å². The molecule has 1 spiro atoms. The predicted molar refractivity (Wildman–Crippen MR) is 41.3 cm³/mol. The zero-order valence-electron chi connectivity index (χ0n) is 6.93. The number of nitrogens with one attached hydrogen (secondary N) is 1. The van der Waals surface area contributed by atoms with Gasteiger partial charge >= 0.3 is 0 Å². The van der Waals surface area contributed by atoms with Gasteiger partial charge in [0, 0.05) is 5.92 Å². The molecule has 3 nitrogen and oxygen atoms in total. The minimum Gasteiger partial charge on any atom is -0.346 e. The van der Waals surface area contributed by atoms with Crippen molar-refractivity contribution in [1.29, 1.82) is 0 Å². The van der Waals surface area contributed by atoms with E-state index in [1.54, 1.807) is 0 Å². The Morgan fingerprint density at radius 2 is 2.09 bits per heavy atom. The monoisotopic (exact) mass is 157 g/mol. The summed E-state index contributed by atoms with van der Waals surface area (Å²) in [7, 11) is 0. The van der Waals surface area contributed by atoms with Gasteiger partial charge in [0.05, 0.1) is 19.8 Å². The average Bonchev–Trinajstić information content (AvgIpc) is 2.46. The van der Waals surface area contributed by atoms with Crippen LogP contribution >= 0.6 is 0 Å². The molecule has 0 aliphatic carbocycles. The van der Waals surface area contributed by atoms with Crippen LogP contribution in [0.15, 0.2) is 0 Å². The van der Waals surface area contributed by atoms with Crippen molar-refractivity contribution in [3.8, 4) is 0 Å². The fourth-order valence-electron chi connectivity index (χ4n) is 1.83. The van der Waals surface area contributed by atoms with Crippen LogP contribution in [0, 0.1) is 5.92 Å². The van der Waals surface area contributed by atoms with Crippen LogP contribution in [0.25, 0.3) is 0 Å². The lowest BCUT2D eigenvalue weighted by molar-refractivity contribution is -0.197. The SMILES string of the molecule is CC1CCNCC12OCCO2. The number of ether oxygens (including phenoxy) is 2. The van der Waals surface area contributed by atoms with E-state index in [0.717, 1.165) is 32.7 Å². The molecular formula is C8H15NO2. The van der Waals surface area contributed by atoms with Crippen molar-refractivity contribution in [1.82, 2.24) is 5.32 Å². The van der Waals surface area contributed by atoms with E-state index < -0.39 is 0 Å². The van der Waals surface area contributed by atoms with E-state index in [9.17, 15) is 0 Å². The minimum atomic E-state index is -0.280. The molecule has 0 amide bonds. The first-order chi connectivity index (χ1) is 5.33. The van der Waals surface area contributed by atoms with Crippen LogP contribution in [-0.2, 0) is 9.47 Å². The van der Waals surface area contributed by atoms with Crippen molar-refractivity contribution in [2.24, 2.45) is 5.92 Å². The molecule has 2 rings (SSSR count). The molecule has 3 heteroatoms. The molecular weight excluding hydrogens is 142 g/mol. The van der Waals surface area contributed by atoms with Gasteiger partial charge in [0.25, 0.3) is 0 Å². The van der Waals surface area contributed by atoms with Crippen molar-refractivity contribution in [3.63, 3.8) is 0 Å². The fraction of sp³-hybridized carbons (Fsp3) is 1.00. The van der Waals surface area contributed by atoms with Crippen LogP contribution in [0.1, 0.15) is 13.3 Å². The number of hydrogen-bond acceptors (Lipinski definition) is 3. The first-order valence-corrected chi connectivity index (χ1v) is 4.32. The van der Waals surface area contributed by atoms with Crippen molar-refractivity contribution in [2.45, 2.75) is 19.1 Å². The lowest BCUT2D eigenvalue weighted by Gasteiger charge is -2.37. The fourth-order valence-corrected chi connectivity index (χ4v) is 1.83. The number of rotatable bonds is 0. The highest BCUT2D eigenvalue weighted by Crippen LogP contribution is 2.31. The van der Waals surface area contributed by atoms with E-state index in [-0.39, 0.29) is 5.79 Å². The molecule has 0 saturated carbocycles. The van der Waals surface area contributed by atoms with Crippen LogP contribution < -0.4 is 5.32 Å². The van der Waals surface area contributed by atoms with Gasteiger partial charge in [0.1, 0.15) is 0 Å². The molecule has 2 heterocycles. The maximum Gasteiger partial charge on any atom is 0.183 e. The highest BCUT2D eigenvalue weighted by Gasteiger charge is 2.43. The normalized spacial score (nSPS) is 36.3. The standard InChI is InChI=1S/C8H15NO2/c1-7-2-3-9-6-8(7)10-4-5-11-8/h7,9H,2-6H2,1H3. The first kappa shape index (κ1) is 7.53. The molecule has 2 saturated heterocycles. The molecule has 2 fully saturated rings. The second-order valence-electron chi connectivity index (χ2n) is 3.38. The summed E-state index contributed by atoms with van der Waals surface area (Å²) >= 11 is 0. The van der Waals surface area contributed by atoms with Gasteiger partial charge in [-0.3, -0.25) is 0 Å². The predicted octanol–water partition coefficient (Wildman–Crippen LogP) is 0.359. The molecule has 0 aromatic carbocycles. The largest absolute Gasteiger partial charge is 0.346 e. The van der Waals surface area contributed by atoms with Gasteiger partial charge < -0.3 is 14.8 Å². The van der Waals surface area contributed by atoms with Gasteiger partial charge in [-0.15, -0.1) is 0 Å². The Morgan fingerprint density at radius 1 is 1.36 bits per heavy atom. The Morgan fingerprint density at radius 3 is 2.73 bits per heavy atom. The zero-order valence-corrected chi connectivity index (χ0v) is 6.93. The molecule has 64 valence electrons. The lowest BCUT2D eigenvalue weighted by Crippen LogP contribution is -2.52. The summed E-state index contributed by atoms with van der Waals surface area (Å²) in [5.74, 6) is 0.254. The maximum absolute atomic E-state index is 5.61. The summed E-state index contributed by atoms with van der Waals surface area (Å²) in [4.78, 5) is 0. The molecule has 0 aromatic rings. The van der Waals surface area contributed by atoms with E-state index >= 15 is 0 Å². The highest BCUT2D eigenvalue weighted by atomic mass is 16.7. The smallest absolute Gasteiger partial charge is 0.183 e. The van der Waals surface area contributed by atoms with Crippen LogP contribution in [0.2, 0.25) is 0 Å². The third-order valence-corrected chi connectivity index (χ3v) is 2.65. The molecule has 11 heavy (non-hydrogen) atoms. The summed E-state index contributed by atoms with van der Waals surface area (Å²) in [6.07, 6.45) is 1.15. The number of piperidine rings is 1. The molecule has 1 atom stereocenters. The molecule has 0 aromatic heterocycles. The molecule has 1 unspecified atom stereocenters. The summed E-state index contributed by atoms with van der Waals surface area (Å²) in [5, 5.41) is 3.30. The topological polar surface area (TPSA) is 30.5 Å². The minimum absolute atomic E-state index is 0.280. The number of hydrogen-bond donors (Lipinski definition) is 1. The Labute approximate surface area is 67.1 Å². The molecule has 2 aliphatic rings. The van der Waals surface area contributed by atoms with Crippen LogP contribution in [-0.4, -0.2) is 32.1 Å². The van der Waals surface area contributed by atoms with Gasteiger partial charge in [-0.2, -0.15) is 0 Å². The van der Waals surface area contributed by atoms with Crippen molar-refractivity contribution in [3.05, 3.63) is 0 Å². The van der Waals surface area contributed by atoms with E-state index in [4.69, 9.17) is 9.47 Å². The average molecular weight is 157 g/mol. The third-order valence-electron chi connectivity index (χ3n) is 2.65. The van der Waals surface area contributed by atoms with Gasteiger partial charge in [-0.25, -0.2) is 0 Å². The molecule has 0 radical (unpaired) electrons. The zero-order chi connectivity index (χ0) is 7.73. The molecule has 0 bridgehead atoms. The molecule has 2 aliphatic heterocycles. The summed E-state index contributed by atoms with van der Waals surface area (Å²) in [6.45, 7) is 5.66. The Kier molecular flexibility index (Phi) is 1.87. The van der Waals surface area contributed by atoms with Crippen molar-refractivity contribution >= 4 is 0 Å². The van der Waals surface area contributed by atoms with E-state index in [1.807, 2.05) is 0 Å². The Balaban J connectivity index is 2.07. The summed E-state index contributed by atoms with van der Waals surface area (Å²) in [6, 6.07) is 0. The van der Waals surface area contributed by atoms with Gasteiger partial charge in [0.2, 0.25) is 0 Å². The highest BCUT2D eigenvalue weighted by molar-refractivity contribution is 4.86. The van der Waals surface area contributed by atoms with Gasteiger partial charge in [-0.1, -0.05) is 6.92 Å². The van der Waals surface area contributed by atoms with Crippen molar-refractivity contribution in [2.75, 3.05) is 26.3 Å². The van der Waals surface area contributed by atoms with Crippen LogP contribution in [0.5, 0.6) is 0 Å². The molecule has 1 N–H and O–H groups in total. The van der Waals surface area contributed by atoms with E-state index in [1.165, 1.54) is 0 Å². The van der Waals surface area contributed by atoms with Crippen LogP contribution in [0.4, 0.5) is 0 Å². The summed E-state index contributed by atoms with van der Waals surface area (Å²) in [5.41, 5.74) is 0. The second-order valence-corrected chi connectivity index (χ2v) is 3.38. The maximum atomic E-state index is 5.61.